The Kier molecular flexibility index (Phi) is 7.56. The van der Waals surface area contributed by atoms with Crippen molar-refractivity contribution < 1.29 is 41.0 Å². The molecule has 1 amide bonds. The third-order valence-corrected chi connectivity index (χ3v) is 6.88. The van der Waals surface area contributed by atoms with Gasteiger partial charge in [0.05, 0.1) is 21.0 Å². The fourth-order valence-electron chi connectivity index (χ4n) is 4.75. The summed E-state index contributed by atoms with van der Waals surface area (Å²) in [6, 6.07) is 9.73. The maximum absolute atomic E-state index is 13.7. The number of halogens is 6. The highest BCUT2D eigenvalue weighted by Crippen LogP contribution is 2.43. The monoisotopic (exact) mass is 632 g/mol. The third-order valence-electron chi connectivity index (χ3n) is 6.88. The summed E-state index contributed by atoms with van der Waals surface area (Å²) >= 11 is 0. The third kappa shape index (κ3) is 5.78. The van der Waals surface area contributed by atoms with E-state index in [9.17, 15) is 51.4 Å². The number of imidazole rings is 1. The number of nitrogens with zero attached hydrogens (tertiary/aromatic N) is 6. The van der Waals surface area contributed by atoms with Crippen LogP contribution in [0.5, 0.6) is 0 Å². The maximum Gasteiger partial charge on any atom is 0.416 e. The van der Waals surface area contributed by atoms with Crippen molar-refractivity contribution in [2.75, 3.05) is 4.90 Å². The molecule has 0 fully saturated rings. The molecule has 0 bridgehead atoms. The second-order valence-electron chi connectivity index (χ2n) is 9.73. The first-order valence-corrected chi connectivity index (χ1v) is 12.7. The van der Waals surface area contributed by atoms with Crippen LogP contribution >= 0.6 is 0 Å². The number of carbonyl (C=O) groups is 1. The Morgan fingerprint density at radius 1 is 0.800 bits per heavy atom. The van der Waals surface area contributed by atoms with Gasteiger partial charge in [-0.3, -0.25) is 34.5 Å². The van der Waals surface area contributed by atoms with Gasteiger partial charge in [-0.15, -0.1) is 0 Å². The molecule has 1 aliphatic heterocycles. The lowest BCUT2D eigenvalue weighted by Crippen LogP contribution is -2.37. The largest absolute Gasteiger partial charge is 0.416 e. The van der Waals surface area contributed by atoms with Gasteiger partial charge in [-0.05, 0) is 43.3 Å². The van der Waals surface area contributed by atoms with E-state index in [1.165, 1.54) is 24.5 Å². The van der Waals surface area contributed by atoms with Crippen LogP contribution in [0.25, 0.3) is 5.69 Å². The van der Waals surface area contributed by atoms with E-state index < -0.39 is 68.1 Å². The van der Waals surface area contributed by atoms with Gasteiger partial charge < -0.3 is 4.90 Å². The van der Waals surface area contributed by atoms with E-state index in [4.69, 9.17) is 0 Å². The van der Waals surface area contributed by atoms with E-state index in [1.54, 1.807) is 19.1 Å². The van der Waals surface area contributed by atoms with Crippen molar-refractivity contribution in [3.8, 4) is 5.69 Å². The van der Waals surface area contributed by atoms with Crippen LogP contribution in [0.4, 0.5) is 43.4 Å². The Labute approximate surface area is 248 Å². The van der Waals surface area contributed by atoms with Crippen molar-refractivity contribution in [1.82, 2.24) is 14.5 Å². The number of nitro benzene ring substituents is 2. The molecule has 0 spiro atoms. The minimum Gasteiger partial charge on any atom is -0.313 e. The molecule has 0 aliphatic carbocycles. The number of aromatic nitrogens is 2. The molecule has 45 heavy (non-hydrogen) atoms. The molecule has 3 aromatic carbocycles. The molecule has 1 aromatic heterocycles. The molecular formula is C28H18F6N6O5. The van der Waals surface area contributed by atoms with E-state index in [0.29, 0.717) is 24.3 Å². The smallest absolute Gasteiger partial charge is 0.313 e. The first kappa shape index (κ1) is 30.7. The number of benzene rings is 3. The SMILES string of the molecule is Cc1ccc(C(=O)N2C=CN(c3ccc(C(F)(F)F)cc3[N+](=O)[O-])C2c2nccn2-c2ccc(C(F)(F)F)cc2[N+](=O)[O-])cc1. The van der Waals surface area contributed by atoms with Gasteiger partial charge in [-0.2, -0.15) is 26.3 Å². The Balaban J connectivity index is 1.71. The lowest BCUT2D eigenvalue weighted by Gasteiger charge is -2.31. The number of hydrogen-bond acceptors (Lipinski definition) is 7. The Morgan fingerprint density at radius 3 is 1.87 bits per heavy atom. The minimum atomic E-state index is -4.92. The van der Waals surface area contributed by atoms with Crippen LogP contribution in [0.2, 0.25) is 0 Å². The van der Waals surface area contributed by atoms with E-state index in [0.717, 1.165) is 44.5 Å². The van der Waals surface area contributed by atoms with Gasteiger partial charge in [0.2, 0.25) is 0 Å². The minimum absolute atomic E-state index is 0.137. The van der Waals surface area contributed by atoms with Crippen LogP contribution in [0.3, 0.4) is 0 Å². The first-order valence-electron chi connectivity index (χ1n) is 12.7. The molecule has 17 heteroatoms. The van der Waals surface area contributed by atoms with E-state index in [1.807, 2.05) is 0 Å². The highest BCUT2D eigenvalue weighted by Gasteiger charge is 2.41. The Hall–Kier alpha value is -5.74. The molecule has 11 nitrogen and oxygen atoms in total. The zero-order valence-electron chi connectivity index (χ0n) is 22.7. The first-order chi connectivity index (χ1) is 21.1. The van der Waals surface area contributed by atoms with Crippen molar-refractivity contribution in [2.45, 2.75) is 25.4 Å². The van der Waals surface area contributed by atoms with Gasteiger partial charge in [-0.25, -0.2) is 4.98 Å². The predicted molar refractivity (Wildman–Crippen MR) is 145 cm³/mol. The second kappa shape index (κ2) is 11.1. The zero-order valence-corrected chi connectivity index (χ0v) is 22.7. The van der Waals surface area contributed by atoms with Crippen LogP contribution in [0.15, 0.2) is 85.5 Å². The molecule has 1 atom stereocenters. The molecule has 232 valence electrons. The normalized spacial score (nSPS) is 15.0. The second-order valence-corrected chi connectivity index (χ2v) is 9.73. The summed E-state index contributed by atoms with van der Waals surface area (Å²) in [5.74, 6) is -0.928. The average molecular weight is 632 g/mol. The van der Waals surface area contributed by atoms with E-state index in [-0.39, 0.29) is 11.4 Å². The van der Waals surface area contributed by atoms with Crippen LogP contribution in [0.1, 0.15) is 39.0 Å². The summed E-state index contributed by atoms with van der Waals surface area (Å²) in [5.41, 5.74) is -4.42. The molecule has 1 aliphatic rings. The lowest BCUT2D eigenvalue weighted by atomic mass is 10.1. The fraction of sp³-hybridized carbons (Fsp3) is 0.143. The zero-order chi connectivity index (χ0) is 32.8. The van der Waals surface area contributed by atoms with Crippen molar-refractivity contribution in [3.63, 3.8) is 0 Å². The summed E-state index contributed by atoms with van der Waals surface area (Å²) in [7, 11) is 0. The van der Waals surface area contributed by atoms with Crippen molar-refractivity contribution in [1.29, 1.82) is 0 Å². The average Bonchev–Trinajstić information content (AvgIpc) is 3.63. The van der Waals surface area contributed by atoms with Crippen LogP contribution < -0.4 is 4.90 Å². The molecule has 2 heterocycles. The number of hydrogen-bond donors (Lipinski definition) is 0. The number of nitro groups is 2. The summed E-state index contributed by atoms with van der Waals surface area (Å²) in [5, 5.41) is 23.8. The highest BCUT2D eigenvalue weighted by molar-refractivity contribution is 5.96. The highest BCUT2D eigenvalue weighted by atomic mass is 19.4. The fourth-order valence-corrected chi connectivity index (χ4v) is 4.75. The van der Waals surface area contributed by atoms with Crippen molar-refractivity contribution >= 4 is 23.0 Å². The molecule has 1 unspecified atom stereocenters. The summed E-state index contributed by atoms with van der Waals surface area (Å²) in [6.45, 7) is 1.77. The van der Waals surface area contributed by atoms with Gasteiger partial charge in [0.25, 0.3) is 17.3 Å². The van der Waals surface area contributed by atoms with Crippen LogP contribution in [-0.4, -0.2) is 30.2 Å². The Bertz CT molecular complexity index is 1850. The van der Waals surface area contributed by atoms with E-state index >= 15 is 0 Å². The van der Waals surface area contributed by atoms with Crippen LogP contribution in [-0.2, 0) is 12.4 Å². The van der Waals surface area contributed by atoms with Crippen molar-refractivity contribution in [2.24, 2.45) is 0 Å². The number of rotatable bonds is 6. The Morgan fingerprint density at radius 2 is 1.33 bits per heavy atom. The topological polar surface area (TPSA) is 128 Å². The van der Waals surface area contributed by atoms with Gasteiger partial charge in [-0.1, -0.05) is 17.7 Å². The number of aryl methyl sites for hydroxylation is 1. The summed E-state index contributed by atoms with van der Waals surface area (Å²) < 4.78 is 81.4. The maximum atomic E-state index is 13.7. The lowest BCUT2D eigenvalue weighted by molar-refractivity contribution is -0.384. The van der Waals surface area contributed by atoms with Gasteiger partial charge in [0, 0.05) is 42.5 Å². The molecule has 0 saturated heterocycles. The van der Waals surface area contributed by atoms with Gasteiger partial charge in [0.1, 0.15) is 11.4 Å². The summed E-state index contributed by atoms with van der Waals surface area (Å²) in [6.07, 6.45) is -6.69. The van der Waals surface area contributed by atoms with Gasteiger partial charge in [0.15, 0.2) is 12.0 Å². The quantitative estimate of drug-likeness (QED) is 0.125. The van der Waals surface area contributed by atoms with Crippen molar-refractivity contribution in [3.05, 3.63) is 134 Å². The molecule has 5 rings (SSSR count). The number of amides is 1. The molecule has 0 saturated carbocycles. The molecule has 4 aromatic rings. The van der Waals surface area contributed by atoms with Crippen LogP contribution in [0, 0.1) is 27.2 Å². The van der Waals surface area contributed by atoms with E-state index in [2.05, 4.69) is 4.98 Å². The molecule has 0 N–H and O–H groups in total. The standard InChI is InChI=1S/C28H18F6N6O5/c1-16-2-4-17(5-3-16)26(41)38-13-12-37(21-9-7-19(28(32,33)34)15-23(21)40(44)45)25(38)24-35-10-11-36(24)20-8-6-18(27(29,30)31)14-22(20)39(42)43/h2-15,25H,1H3. The number of alkyl halides is 6. The van der Waals surface area contributed by atoms with Gasteiger partial charge >= 0.3 is 12.4 Å². The number of carbonyl (C=O) groups excluding carboxylic acids is 1. The predicted octanol–water partition coefficient (Wildman–Crippen LogP) is 7.17. The molecule has 0 radical (unpaired) electrons. The number of anilines is 1. The summed E-state index contributed by atoms with van der Waals surface area (Å²) in [4.78, 5) is 41.8. The molecular weight excluding hydrogens is 614 g/mol.